The normalized spacial score (nSPS) is 11.1. The van der Waals surface area contributed by atoms with E-state index in [2.05, 4.69) is 15.1 Å². The minimum atomic E-state index is -0.323. The first-order chi connectivity index (χ1) is 9.19. The molecule has 0 aliphatic rings. The maximum atomic E-state index is 12.9. The number of nitrogens with one attached hydrogen (secondary N) is 1. The number of hydrogen-bond donors (Lipinski definition) is 1. The number of fused-ring (bicyclic) bond motifs is 1. The van der Waals surface area contributed by atoms with Crippen LogP contribution in [-0.4, -0.2) is 26.0 Å². The molecule has 0 unspecified atom stereocenters. The van der Waals surface area contributed by atoms with Crippen LogP contribution >= 0.6 is 11.8 Å². The predicted molar refractivity (Wildman–Crippen MR) is 71.2 cm³/mol. The third kappa shape index (κ3) is 2.01. The van der Waals surface area contributed by atoms with Gasteiger partial charge in [-0.05, 0) is 30.5 Å². The fraction of sp³-hybridized carbons (Fsp3) is 0.0833. The minimum absolute atomic E-state index is 0.234. The van der Waals surface area contributed by atoms with Gasteiger partial charge in [-0.2, -0.15) is 5.10 Å². The molecule has 0 radical (unpaired) electrons. The molecule has 3 aromatic rings. The first kappa shape index (κ1) is 11.9. The van der Waals surface area contributed by atoms with Crippen LogP contribution in [0.5, 0.6) is 0 Å². The Kier molecular flexibility index (Phi) is 2.83. The molecule has 2 aromatic heterocycles. The van der Waals surface area contributed by atoms with E-state index in [1.165, 1.54) is 34.8 Å². The van der Waals surface area contributed by atoms with Crippen LogP contribution in [0.25, 0.3) is 16.7 Å². The zero-order valence-electron chi connectivity index (χ0n) is 9.92. The maximum absolute atomic E-state index is 12.9. The summed E-state index contributed by atoms with van der Waals surface area (Å²) in [7, 11) is 0. The highest BCUT2D eigenvalue weighted by Crippen LogP contribution is 2.16. The quantitative estimate of drug-likeness (QED) is 0.574. The van der Waals surface area contributed by atoms with E-state index >= 15 is 0 Å². The number of aromatic nitrogens is 4. The monoisotopic (exact) mass is 276 g/mol. The van der Waals surface area contributed by atoms with Crippen molar-refractivity contribution in [3.05, 3.63) is 46.6 Å². The molecule has 19 heavy (non-hydrogen) atoms. The zero-order valence-corrected chi connectivity index (χ0v) is 10.7. The fourth-order valence-corrected chi connectivity index (χ4v) is 2.14. The molecule has 0 atom stereocenters. The van der Waals surface area contributed by atoms with E-state index in [4.69, 9.17) is 0 Å². The average Bonchev–Trinajstić information content (AvgIpc) is 2.84. The summed E-state index contributed by atoms with van der Waals surface area (Å²) < 4.78 is 14.4. The molecule has 0 aliphatic carbocycles. The summed E-state index contributed by atoms with van der Waals surface area (Å²) >= 11 is 1.34. The standard InChI is InChI=1S/C12H9FN4OS/c1-19-12-15-10-9(11(18)16-12)6-14-17(10)8-4-2-7(13)3-5-8/h2-6H,1H3,(H,15,16,18). The van der Waals surface area contributed by atoms with Gasteiger partial charge in [-0.1, -0.05) is 11.8 Å². The fourth-order valence-electron chi connectivity index (χ4n) is 1.77. The van der Waals surface area contributed by atoms with E-state index in [-0.39, 0.29) is 11.4 Å². The largest absolute Gasteiger partial charge is 0.301 e. The smallest absolute Gasteiger partial charge is 0.262 e. The van der Waals surface area contributed by atoms with E-state index in [9.17, 15) is 9.18 Å². The number of thioether (sulfide) groups is 1. The number of hydrogen-bond acceptors (Lipinski definition) is 4. The molecule has 0 saturated carbocycles. The molecular weight excluding hydrogens is 267 g/mol. The van der Waals surface area contributed by atoms with Crippen LogP contribution in [-0.2, 0) is 0 Å². The number of aromatic amines is 1. The van der Waals surface area contributed by atoms with Crippen LogP contribution in [0, 0.1) is 5.82 Å². The van der Waals surface area contributed by atoms with Crippen LogP contribution in [0.1, 0.15) is 0 Å². The lowest BCUT2D eigenvalue weighted by atomic mass is 10.3. The van der Waals surface area contributed by atoms with Gasteiger partial charge in [0.2, 0.25) is 0 Å². The summed E-state index contributed by atoms with van der Waals surface area (Å²) in [6, 6.07) is 5.85. The molecule has 1 aromatic carbocycles. The van der Waals surface area contributed by atoms with Gasteiger partial charge in [-0.15, -0.1) is 0 Å². The molecule has 7 heteroatoms. The molecule has 1 N–H and O–H groups in total. The highest BCUT2D eigenvalue weighted by molar-refractivity contribution is 7.98. The maximum Gasteiger partial charge on any atom is 0.262 e. The van der Waals surface area contributed by atoms with Crippen LogP contribution in [0.3, 0.4) is 0 Å². The molecule has 0 bridgehead atoms. The van der Waals surface area contributed by atoms with Crippen molar-refractivity contribution in [1.82, 2.24) is 19.7 Å². The lowest BCUT2D eigenvalue weighted by Crippen LogP contribution is -2.09. The summed E-state index contributed by atoms with van der Waals surface area (Å²) in [5.74, 6) is -0.323. The summed E-state index contributed by atoms with van der Waals surface area (Å²) in [4.78, 5) is 18.8. The third-order valence-corrected chi connectivity index (χ3v) is 3.26. The van der Waals surface area contributed by atoms with Crippen molar-refractivity contribution in [3.63, 3.8) is 0 Å². The van der Waals surface area contributed by atoms with E-state index in [0.717, 1.165) is 0 Å². The predicted octanol–water partition coefficient (Wildman–Crippen LogP) is 1.97. The van der Waals surface area contributed by atoms with Gasteiger partial charge < -0.3 is 4.98 Å². The Bertz CT molecular complexity index is 794. The molecule has 2 heterocycles. The first-order valence-electron chi connectivity index (χ1n) is 5.47. The van der Waals surface area contributed by atoms with E-state index in [1.54, 1.807) is 12.1 Å². The second-order valence-corrected chi connectivity index (χ2v) is 4.64. The van der Waals surface area contributed by atoms with E-state index < -0.39 is 0 Å². The highest BCUT2D eigenvalue weighted by atomic mass is 32.2. The number of H-pyrrole nitrogens is 1. The Morgan fingerprint density at radius 3 is 2.74 bits per heavy atom. The number of rotatable bonds is 2. The van der Waals surface area contributed by atoms with Gasteiger partial charge in [0.25, 0.3) is 5.56 Å². The first-order valence-corrected chi connectivity index (χ1v) is 6.69. The highest BCUT2D eigenvalue weighted by Gasteiger charge is 2.11. The summed E-state index contributed by atoms with van der Waals surface area (Å²) in [6.07, 6.45) is 3.28. The Labute approximate surface area is 111 Å². The summed E-state index contributed by atoms with van der Waals surface area (Å²) in [5, 5.41) is 5.05. The SMILES string of the molecule is CSc1nc2c(cnn2-c2ccc(F)cc2)c(=O)[nH]1. The van der Waals surface area contributed by atoms with Gasteiger partial charge in [0, 0.05) is 0 Å². The van der Waals surface area contributed by atoms with Crippen LogP contribution in [0.2, 0.25) is 0 Å². The molecule has 5 nitrogen and oxygen atoms in total. The molecule has 0 aliphatic heterocycles. The third-order valence-electron chi connectivity index (χ3n) is 2.68. The van der Waals surface area contributed by atoms with Gasteiger partial charge >= 0.3 is 0 Å². The Hall–Kier alpha value is -2.15. The average molecular weight is 276 g/mol. The number of nitrogens with zero attached hydrogens (tertiary/aromatic N) is 3. The van der Waals surface area contributed by atoms with Crippen molar-refractivity contribution in [2.75, 3.05) is 6.26 Å². The Balaban J connectivity index is 2.27. The van der Waals surface area contributed by atoms with Gasteiger partial charge in [-0.3, -0.25) is 4.79 Å². The number of halogens is 1. The summed E-state index contributed by atoms with van der Waals surface area (Å²) in [5.41, 5.74) is 0.879. The minimum Gasteiger partial charge on any atom is -0.301 e. The zero-order chi connectivity index (χ0) is 13.4. The van der Waals surface area contributed by atoms with E-state index in [0.29, 0.717) is 21.9 Å². The second kappa shape index (κ2) is 4.51. The van der Waals surface area contributed by atoms with Gasteiger partial charge in [0.15, 0.2) is 10.8 Å². The number of benzene rings is 1. The van der Waals surface area contributed by atoms with Crippen molar-refractivity contribution < 1.29 is 4.39 Å². The lowest BCUT2D eigenvalue weighted by molar-refractivity contribution is 0.627. The molecular formula is C12H9FN4OS. The van der Waals surface area contributed by atoms with Crippen LogP contribution in [0.15, 0.2) is 40.4 Å². The second-order valence-electron chi connectivity index (χ2n) is 3.85. The van der Waals surface area contributed by atoms with E-state index in [1.807, 2.05) is 6.26 Å². The topological polar surface area (TPSA) is 63.6 Å². The molecule has 96 valence electrons. The van der Waals surface area contributed by atoms with Gasteiger partial charge in [0.1, 0.15) is 11.2 Å². The van der Waals surface area contributed by atoms with Crippen molar-refractivity contribution in [3.8, 4) is 5.69 Å². The van der Waals surface area contributed by atoms with Crippen molar-refractivity contribution >= 4 is 22.8 Å². The lowest BCUT2D eigenvalue weighted by Gasteiger charge is -2.03. The Morgan fingerprint density at radius 2 is 2.05 bits per heavy atom. The van der Waals surface area contributed by atoms with Crippen LogP contribution in [0.4, 0.5) is 4.39 Å². The molecule has 0 spiro atoms. The molecule has 3 rings (SSSR count). The molecule has 0 saturated heterocycles. The van der Waals surface area contributed by atoms with Crippen molar-refractivity contribution in [2.45, 2.75) is 5.16 Å². The Morgan fingerprint density at radius 1 is 1.32 bits per heavy atom. The van der Waals surface area contributed by atoms with Crippen LogP contribution < -0.4 is 5.56 Å². The van der Waals surface area contributed by atoms with Gasteiger partial charge in [0.05, 0.1) is 11.9 Å². The molecule has 0 amide bonds. The summed E-state index contributed by atoms with van der Waals surface area (Å²) in [6.45, 7) is 0. The molecule has 0 fully saturated rings. The van der Waals surface area contributed by atoms with Crippen molar-refractivity contribution in [1.29, 1.82) is 0 Å². The van der Waals surface area contributed by atoms with Gasteiger partial charge in [-0.25, -0.2) is 14.1 Å². The van der Waals surface area contributed by atoms with Crippen molar-refractivity contribution in [2.24, 2.45) is 0 Å².